The number of aryl methyl sites for hydroxylation is 1. The lowest BCUT2D eigenvalue weighted by molar-refractivity contribution is 0.101. The molecule has 2 heterocycles. The fourth-order valence-corrected chi connectivity index (χ4v) is 4.79. The van der Waals surface area contributed by atoms with Gasteiger partial charge in [0.2, 0.25) is 6.19 Å². The molecule has 1 unspecified atom stereocenters. The Balaban J connectivity index is 2.12. The van der Waals surface area contributed by atoms with Gasteiger partial charge in [-0.3, -0.25) is 4.79 Å². The van der Waals surface area contributed by atoms with Gasteiger partial charge in [-0.2, -0.15) is 10.4 Å². The number of aromatic nitrogens is 3. The molecule has 30 heavy (non-hydrogen) atoms. The molecule has 0 saturated heterocycles. The molecule has 0 bridgehead atoms. The third-order valence-electron chi connectivity index (χ3n) is 3.98. The first kappa shape index (κ1) is 22.2. The zero-order chi connectivity index (χ0) is 22.1. The number of carbonyl (C=O) groups is 1. The van der Waals surface area contributed by atoms with Gasteiger partial charge >= 0.3 is 0 Å². The van der Waals surface area contributed by atoms with E-state index in [-0.39, 0.29) is 22.1 Å². The molecule has 0 radical (unpaired) electrons. The van der Waals surface area contributed by atoms with Gasteiger partial charge in [-0.05, 0) is 52.7 Å². The monoisotopic (exact) mass is 526 g/mol. The van der Waals surface area contributed by atoms with Gasteiger partial charge in [0.05, 0.1) is 25.3 Å². The Morgan fingerprint density at radius 3 is 2.77 bits per heavy atom. The van der Waals surface area contributed by atoms with Crippen molar-refractivity contribution in [2.45, 2.75) is 11.8 Å². The van der Waals surface area contributed by atoms with Crippen LogP contribution in [-0.4, -0.2) is 31.1 Å². The van der Waals surface area contributed by atoms with Crippen molar-refractivity contribution in [3.63, 3.8) is 0 Å². The summed E-state index contributed by atoms with van der Waals surface area (Å²) in [6.07, 6.45) is 4.37. The number of rotatable bonds is 4. The van der Waals surface area contributed by atoms with E-state index >= 15 is 0 Å². The summed E-state index contributed by atoms with van der Waals surface area (Å²) in [5.41, 5.74) is 0.920. The minimum Gasteiger partial charge on any atom is -0.319 e. The Labute approximate surface area is 191 Å². The zero-order valence-corrected chi connectivity index (χ0v) is 19.5. The average molecular weight is 528 g/mol. The molecular weight excluding hydrogens is 515 g/mol. The van der Waals surface area contributed by atoms with Crippen LogP contribution in [0.15, 0.2) is 50.4 Å². The standard InChI is InChI=1S/C18H13BrCl2N6O2S/c1-10-6-11(20)7-14(30(2,29)24-9-22)16(10)25-18(28)13-8-15(19)26-27(13)17-12(21)4-3-5-23-17/h3-8H,1-2H3,(H,25,28). The highest BCUT2D eigenvalue weighted by molar-refractivity contribution is 9.10. The Bertz CT molecular complexity index is 1320. The number of amides is 1. The van der Waals surface area contributed by atoms with Crippen LogP contribution in [0, 0.1) is 18.4 Å². The largest absolute Gasteiger partial charge is 0.319 e. The van der Waals surface area contributed by atoms with E-state index in [4.69, 9.17) is 28.5 Å². The smallest absolute Gasteiger partial charge is 0.274 e. The van der Waals surface area contributed by atoms with Crippen molar-refractivity contribution in [2.24, 2.45) is 4.36 Å². The summed E-state index contributed by atoms with van der Waals surface area (Å²) < 4.78 is 18.1. The first-order chi connectivity index (χ1) is 14.1. The summed E-state index contributed by atoms with van der Waals surface area (Å²) in [6.45, 7) is 1.69. The number of nitrogens with one attached hydrogen (secondary N) is 1. The Kier molecular flexibility index (Phi) is 6.47. The van der Waals surface area contributed by atoms with Crippen molar-refractivity contribution in [1.82, 2.24) is 14.8 Å². The third kappa shape index (κ3) is 4.49. The number of anilines is 1. The molecule has 0 aliphatic heterocycles. The number of carbonyl (C=O) groups excluding carboxylic acids is 1. The van der Waals surface area contributed by atoms with Crippen LogP contribution in [0.5, 0.6) is 0 Å². The number of pyridine rings is 1. The number of hydrogen-bond acceptors (Lipinski definition) is 6. The highest BCUT2D eigenvalue weighted by Gasteiger charge is 2.22. The van der Waals surface area contributed by atoms with E-state index in [1.165, 1.54) is 29.3 Å². The van der Waals surface area contributed by atoms with Crippen molar-refractivity contribution in [1.29, 1.82) is 5.26 Å². The highest BCUT2D eigenvalue weighted by Crippen LogP contribution is 2.31. The van der Waals surface area contributed by atoms with Crippen LogP contribution < -0.4 is 5.32 Å². The van der Waals surface area contributed by atoms with E-state index < -0.39 is 15.6 Å². The van der Waals surface area contributed by atoms with Gasteiger partial charge in [-0.25, -0.2) is 13.9 Å². The van der Waals surface area contributed by atoms with Crippen molar-refractivity contribution in [3.05, 3.63) is 62.4 Å². The summed E-state index contributed by atoms with van der Waals surface area (Å²) in [5.74, 6) is -0.296. The highest BCUT2D eigenvalue weighted by atomic mass is 79.9. The van der Waals surface area contributed by atoms with Gasteiger partial charge in [-0.15, -0.1) is 4.36 Å². The van der Waals surface area contributed by atoms with Crippen LogP contribution in [0.2, 0.25) is 10.0 Å². The predicted octanol–water partition coefficient (Wildman–Crippen LogP) is 4.84. The molecule has 0 fully saturated rings. The molecule has 3 aromatic rings. The first-order valence-electron chi connectivity index (χ1n) is 8.22. The molecule has 0 saturated carbocycles. The molecule has 1 amide bonds. The number of halogens is 3. The zero-order valence-electron chi connectivity index (χ0n) is 15.6. The minimum atomic E-state index is -3.13. The van der Waals surface area contributed by atoms with Crippen LogP contribution in [0.4, 0.5) is 5.69 Å². The molecule has 0 spiro atoms. The summed E-state index contributed by atoms with van der Waals surface area (Å²) >= 11 is 15.6. The van der Waals surface area contributed by atoms with Gasteiger partial charge < -0.3 is 5.32 Å². The van der Waals surface area contributed by atoms with Crippen molar-refractivity contribution < 1.29 is 9.00 Å². The lowest BCUT2D eigenvalue weighted by Gasteiger charge is -2.15. The third-order valence-corrected chi connectivity index (χ3v) is 6.45. The fraction of sp³-hybridized carbons (Fsp3) is 0.111. The van der Waals surface area contributed by atoms with Crippen LogP contribution in [0.1, 0.15) is 16.1 Å². The molecule has 8 nitrogen and oxygen atoms in total. The van der Waals surface area contributed by atoms with Gasteiger partial charge in [0.1, 0.15) is 10.3 Å². The summed E-state index contributed by atoms with van der Waals surface area (Å²) in [4.78, 5) is 17.4. The molecule has 1 atom stereocenters. The van der Waals surface area contributed by atoms with Crippen LogP contribution in [0.25, 0.3) is 5.82 Å². The van der Waals surface area contributed by atoms with E-state index in [0.29, 0.717) is 20.2 Å². The van der Waals surface area contributed by atoms with Crippen LogP contribution in [0.3, 0.4) is 0 Å². The normalized spacial score (nSPS) is 12.7. The minimum absolute atomic E-state index is 0.127. The van der Waals surface area contributed by atoms with E-state index in [1.54, 1.807) is 31.3 Å². The molecule has 3 rings (SSSR count). The molecule has 12 heteroatoms. The summed E-state index contributed by atoms with van der Waals surface area (Å²) in [6, 6.07) is 7.79. The summed E-state index contributed by atoms with van der Waals surface area (Å²) in [5, 5.41) is 16.5. The first-order valence-corrected chi connectivity index (χ1v) is 11.7. The second-order valence-electron chi connectivity index (χ2n) is 6.12. The van der Waals surface area contributed by atoms with Gasteiger partial charge in [0.25, 0.3) is 5.91 Å². The Morgan fingerprint density at radius 1 is 1.37 bits per heavy atom. The lowest BCUT2D eigenvalue weighted by atomic mass is 10.2. The van der Waals surface area contributed by atoms with E-state index in [9.17, 15) is 9.00 Å². The second kappa shape index (κ2) is 8.73. The molecule has 1 aromatic carbocycles. The predicted molar refractivity (Wildman–Crippen MR) is 119 cm³/mol. The Hall–Kier alpha value is -2.45. The Morgan fingerprint density at radius 2 is 2.10 bits per heavy atom. The second-order valence-corrected chi connectivity index (χ2v) is 10.0. The topological polar surface area (TPSA) is 113 Å². The number of nitrogens with zero attached hydrogens (tertiary/aromatic N) is 5. The van der Waals surface area contributed by atoms with Gasteiger partial charge in [-0.1, -0.05) is 23.2 Å². The van der Waals surface area contributed by atoms with Crippen molar-refractivity contribution >= 4 is 60.5 Å². The number of hydrogen-bond donors (Lipinski definition) is 1. The summed E-state index contributed by atoms with van der Waals surface area (Å²) in [7, 11) is -3.13. The molecule has 1 N–H and O–H groups in total. The quantitative estimate of drug-likeness (QED) is 0.488. The van der Waals surface area contributed by atoms with E-state index in [2.05, 4.69) is 35.7 Å². The average Bonchev–Trinajstić information content (AvgIpc) is 3.05. The SMILES string of the molecule is Cc1cc(Cl)cc(S(C)(=O)=NC#N)c1NC(=O)c1cc(Br)nn1-c1ncccc1Cl. The van der Waals surface area contributed by atoms with Crippen LogP contribution in [-0.2, 0) is 9.73 Å². The number of benzene rings is 1. The maximum absolute atomic E-state index is 13.1. The van der Waals surface area contributed by atoms with E-state index in [1.807, 2.05) is 0 Å². The van der Waals surface area contributed by atoms with Crippen LogP contribution >= 0.6 is 39.1 Å². The molecule has 0 aliphatic carbocycles. The van der Waals surface area contributed by atoms with Gasteiger partial charge in [0, 0.05) is 23.5 Å². The maximum atomic E-state index is 13.1. The maximum Gasteiger partial charge on any atom is 0.274 e. The molecule has 0 aliphatic rings. The molecular formula is C18H13BrCl2N6O2S. The molecule has 154 valence electrons. The van der Waals surface area contributed by atoms with Gasteiger partial charge in [0.15, 0.2) is 5.82 Å². The van der Waals surface area contributed by atoms with Crippen molar-refractivity contribution in [3.8, 4) is 12.0 Å². The van der Waals surface area contributed by atoms with Crippen molar-refractivity contribution in [2.75, 3.05) is 11.6 Å². The fourth-order valence-electron chi connectivity index (χ4n) is 2.68. The lowest BCUT2D eigenvalue weighted by Crippen LogP contribution is -2.20. The number of nitriles is 1. The molecule has 2 aromatic heterocycles. The van der Waals surface area contributed by atoms with E-state index in [0.717, 1.165) is 0 Å².